The lowest BCUT2D eigenvalue weighted by atomic mass is 9.94. The van der Waals surface area contributed by atoms with Crippen molar-refractivity contribution in [1.82, 2.24) is 5.32 Å². The van der Waals surface area contributed by atoms with Crippen LogP contribution in [0, 0.1) is 11.7 Å². The van der Waals surface area contributed by atoms with Gasteiger partial charge in [0, 0.05) is 11.8 Å². The van der Waals surface area contributed by atoms with E-state index in [1.54, 1.807) is 0 Å². The van der Waals surface area contributed by atoms with Gasteiger partial charge in [0.2, 0.25) is 5.91 Å². The van der Waals surface area contributed by atoms with Gasteiger partial charge < -0.3 is 15.4 Å². The quantitative estimate of drug-likeness (QED) is 0.881. The maximum atomic E-state index is 13.3. The number of hydrogen-bond acceptors (Lipinski definition) is 3. The highest BCUT2D eigenvalue weighted by molar-refractivity contribution is 5.95. The van der Waals surface area contributed by atoms with Gasteiger partial charge in [0.15, 0.2) is 11.6 Å². The molecule has 19 heavy (non-hydrogen) atoms. The average Bonchev–Trinajstić information content (AvgIpc) is 2.41. The molecule has 1 aromatic rings. The Hall–Kier alpha value is -1.62. The van der Waals surface area contributed by atoms with Crippen molar-refractivity contribution in [3.63, 3.8) is 0 Å². The third-order valence-electron chi connectivity index (χ3n) is 3.40. The molecule has 2 unspecified atom stereocenters. The number of amides is 1. The van der Waals surface area contributed by atoms with Gasteiger partial charge in [0.1, 0.15) is 0 Å². The van der Waals surface area contributed by atoms with Crippen LogP contribution < -0.4 is 15.4 Å². The fourth-order valence-corrected chi connectivity index (χ4v) is 2.27. The van der Waals surface area contributed by atoms with Gasteiger partial charge in [0.05, 0.1) is 13.2 Å². The molecule has 1 fully saturated rings. The molecule has 104 valence electrons. The van der Waals surface area contributed by atoms with E-state index in [4.69, 9.17) is 4.74 Å². The van der Waals surface area contributed by atoms with Crippen LogP contribution in [-0.4, -0.2) is 25.6 Å². The zero-order chi connectivity index (χ0) is 13.8. The summed E-state index contributed by atoms with van der Waals surface area (Å²) in [7, 11) is 1.40. The summed E-state index contributed by atoms with van der Waals surface area (Å²) in [6.07, 6.45) is 1.91. The maximum absolute atomic E-state index is 13.3. The second-order valence-corrected chi connectivity index (χ2v) is 4.97. The fraction of sp³-hybridized carbons (Fsp3) is 0.500. The van der Waals surface area contributed by atoms with Crippen LogP contribution in [-0.2, 0) is 4.79 Å². The summed E-state index contributed by atoms with van der Waals surface area (Å²) in [5.74, 6) is 0.146. The summed E-state index contributed by atoms with van der Waals surface area (Å²) in [5, 5.41) is 5.98. The molecule has 1 saturated heterocycles. The molecule has 1 aromatic carbocycles. The highest BCUT2D eigenvalue weighted by Crippen LogP contribution is 2.22. The number of carbonyl (C=O) groups excluding carboxylic acids is 1. The summed E-state index contributed by atoms with van der Waals surface area (Å²) in [5.41, 5.74) is 0.545. The van der Waals surface area contributed by atoms with Crippen molar-refractivity contribution < 1.29 is 13.9 Å². The van der Waals surface area contributed by atoms with Gasteiger partial charge in [-0.1, -0.05) is 6.92 Å². The molecular formula is C14H19FN2O2. The number of ether oxygens (including phenoxy) is 1. The van der Waals surface area contributed by atoms with E-state index in [9.17, 15) is 9.18 Å². The third kappa shape index (κ3) is 3.44. The number of piperidine rings is 1. The lowest BCUT2D eigenvalue weighted by Crippen LogP contribution is -2.45. The van der Waals surface area contributed by atoms with E-state index < -0.39 is 5.82 Å². The van der Waals surface area contributed by atoms with Crippen molar-refractivity contribution in [3.05, 3.63) is 24.0 Å². The minimum Gasteiger partial charge on any atom is -0.494 e. The lowest BCUT2D eigenvalue weighted by molar-refractivity contribution is -0.119. The van der Waals surface area contributed by atoms with Crippen LogP contribution >= 0.6 is 0 Å². The van der Waals surface area contributed by atoms with Gasteiger partial charge in [0.25, 0.3) is 0 Å². The van der Waals surface area contributed by atoms with Crippen LogP contribution in [0.5, 0.6) is 5.75 Å². The Kier molecular flexibility index (Phi) is 4.37. The first kappa shape index (κ1) is 13.8. The van der Waals surface area contributed by atoms with Crippen molar-refractivity contribution >= 4 is 11.6 Å². The number of halogens is 1. The Morgan fingerprint density at radius 2 is 2.32 bits per heavy atom. The molecule has 1 amide bonds. The molecule has 2 N–H and O–H groups in total. The molecular weight excluding hydrogens is 247 g/mol. The summed E-state index contributed by atoms with van der Waals surface area (Å²) in [4.78, 5) is 12.1. The maximum Gasteiger partial charge on any atom is 0.241 e. The zero-order valence-electron chi connectivity index (χ0n) is 11.2. The summed E-state index contributed by atoms with van der Waals surface area (Å²) in [6.45, 7) is 2.99. The number of benzene rings is 1. The van der Waals surface area contributed by atoms with E-state index in [1.165, 1.54) is 25.3 Å². The first-order valence-electron chi connectivity index (χ1n) is 6.48. The first-order valence-corrected chi connectivity index (χ1v) is 6.48. The highest BCUT2D eigenvalue weighted by Gasteiger charge is 2.24. The number of nitrogens with one attached hydrogen (secondary N) is 2. The van der Waals surface area contributed by atoms with Crippen LogP contribution in [0.1, 0.15) is 19.8 Å². The molecule has 0 saturated carbocycles. The van der Waals surface area contributed by atoms with Gasteiger partial charge in [-0.15, -0.1) is 0 Å². The number of anilines is 1. The highest BCUT2D eigenvalue weighted by atomic mass is 19.1. The topological polar surface area (TPSA) is 50.4 Å². The van der Waals surface area contributed by atoms with Gasteiger partial charge in [-0.25, -0.2) is 4.39 Å². The van der Waals surface area contributed by atoms with Gasteiger partial charge in [-0.3, -0.25) is 4.79 Å². The molecule has 1 aliphatic rings. The van der Waals surface area contributed by atoms with E-state index in [0.717, 1.165) is 19.4 Å². The van der Waals surface area contributed by atoms with Crippen LogP contribution in [0.3, 0.4) is 0 Å². The standard InChI is InChI=1S/C14H19FN2O2/c1-9-5-6-16-12(7-9)14(18)17-10-3-4-11(15)13(8-10)19-2/h3-4,8-9,12,16H,5-7H2,1-2H3,(H,17,18). The minimum atomic E-state index is -0.440. The molecule has 2 rings (SSSR count). The van der Waals surface area contributed by atoms with E-state index in [2.05, 4.69) is 17.6 Å². The van der Waals surface area contributed by atoms with E-state index in [1.807, 2.05) is 0 Å². The van der Waals surface area contributed by atoms with Crippen molar-refractivity contribution in [3.8, 4) is 5.75 Å². The lowest BCUT2D eigenvalue weighted by Gasteiger charge is -2.27. The number of rotatable bonds is 3. The van der Waals surface area contributed by atoms with Crippen LogP contribution in [0.15, 0.2) is 18.2 Å². The van der Waals surface area contributed by atoms with E-state index in [0.29, 0.717) is 11.6 Å². The predicted octanol–water partition coefficient (Wildman–Crippen LogP) is 2.16. The van der Waals surface area contributed by atoms with Crippen molar-refractivity contribution in [2.24, 2.45) is 5.92 Å². The monoisotopic (exact) mass is 266 g/mol. The molecule has 0 radical (unpaired) electrons. The first-order chi connectivity index (χ1) is 9.10. The molecule has 1 aliphatic heterocycles. The second kappa shape index (κ2) is 6.02. The molecule has 0 aliphatic carbocycles. The Morgan fingerprint density at radius 3 is 3.00 bits per heavy atom. The van der Waals surface area contributed by atoms with E-state index in [-0.39, 0.29) is 17.7 Å². The zero-order valence-corrected chi connectivity index (χ0v) is 11.2. The van der Waals surface area contributed by atoms with Gasteiger partial charge >= 0.3 is 0 Å². The Bertz CT molecular complexity index is 465. The second-order valence-electron chi connectivity index (χ2n) is 4.97. The van der Waals surface area contributed by atoms with Gasteiger partial charge in [-0.05, 0) is 37.4 Å². The molecule has 2 atom stereocenters. The molecule has 0 aromatic heterocycles. The average molecular weight is 266 g/mol. The predicted molar refractivity (Wildman–Crippen MR) is 71.8 cm³/mol. The molecule has 0 bridgehead atoms. The molecule has 4 nitrogen and oxygen atoms in total. The number of methoxy groups -OCH3 is 1. The third-order valence-corrected chi connectivity index (χ3v) is 3.40. The number of hydrogen-bond donors (Lipinski definition) is 2. The normalized spacial score (nSPS) is 22.9. The molecule has 0 spiro atoms. The largest absolute Gasteiger partial charge is 0.494 e. The summed E-state index contributed by atoms with van der Waals surface area (Å²) < 4.78 is 18.2. The molecule has 1 heterocycles. The minimum absolute atomic E-state index is 0.0831. The van der Waals surface area contributed by atoms with Crippen LogP contribution in [0.4, 0.5) is 10.1 Å². The summed E-state index contributed by atoms with van der Waals surface area (Å²) in [6, 6.07) is 4.12. The van der Waals surface area contributed by atoms with Crippen LogP contribution in [0.2, 0.25) is 0 Å². The van der Waals surface area contributed by atoms with Crippen molar-refractivity contribution in [2.45, 2.75) is 25.8 Å². The Labute approximate surface area is 112 Å². The van der Waals surface area contributed by atoms with Crippen LogP contribution in [0.25, 0.3) is 0 Å². The van der Waals surface area contributed by atoms with E-state index >= 15 is 0 Å². The van der Waals surface area contributed by atoms with Crippen molar-refractivity contribution in [2.75, 3.05) is 19.0 Å². The molecule has 5 heteroatoms. The van der Waals surface area contributed by atoms with Gasteiger partial charge in [-0.2, -0.15) is 0 Å². The number of carbonyl (C=O) groups is 1. The fourth-order valence-electron chi connectivity index (χ4n) is 2.27. The Morgan fingerprint density at radius 1 is 1.53 bits per heavy atom. The SMILES string of the molecule is COc1cc(NC(=O)C2CC(C)CCN2)ccc1F. The summed E-state index contributed by atoms with van der Waals surface area (Å²) >= 11 is 0. The smallest absolute Gasteiger partial charge is 0.241 e. The van der Waals surface area contributed by atoms with Crippen molar-refractivity contribution in [1.29, 1.82) is 0 Å². The Balaban J connectivity index is 2.02.